The van der Waals surface area contributed by atoms with E-state index in [0.29, 0.717) is 42.9 Å². The maximum Gasteiger partial charge on any atom is 0.355 e. The number of nitrogens with zero attached hydrogens (tertiary/aromatic N) is 6. The van der Waals surface area contributed by atoms with Crippen LogP contribution in [0, 0.1) is 11.6 Å². The van der Waals surface area contributed by atoms with Crippen molar-refractivity contribution in [3.8, 4) is 22.7 Å². The number of carbonyl (C=O) groups is 1. The van der Waals surface area contributed by atoms with Crippen LogP contribution in [-0.2, 0) is 4.79 Å². The number of anilines is 2. The van der Waals surface area contributed by atoms with Crippen LogP contribution in [0.3, 0.4) is 0 Å². The van der Waals surface area contributed by atoms with Gasteiger partial charge in [-0.3, -0.25) is 4.79 Å². The topological polar surface area (TPSA) is 116 Å². The molecule has 10 nitrogen and oxygen atoms in total. The number of aromatic hydroxyl groups is 1. The summed E-state index contributed by atoms with van der Waals surface area (Å²) in [5, 5.41) is 14.2. The van der Waals surface area contributed by atoms with Crippen molar-refractivity contribution in [3.63, 3.8) is 0 Å². The first-order valence-corrected chi connectivity index (χ1v) is 16.4. The molecule has 1 saturated heterocycles. The van der Waals surface area contributed by atoms with Crippen molar-refractivity contribution in [2.75, 3.05) is 36.1 Å². The first kappa shape index (κ1) is 31.5. The molecule has 2 fully saturated rings. The van der Waals surface area contributed by atoms with E-state index in [1.807, 2.05) is 38.0 Å². The summed E-state index contributed by atoms with van der Waals surface area (Å²) >= 11 is 1.42. The number of amides is 1. The highest BCUT2D eigenvalue weighted by Gasteiger charge is 2.32. The predicted octanol–water partition coefficient (Wildman–Crippen LogP) is 5.47. The number of thioether (sulfide) groups is 1. The number of fused-ring (bicyclic) bond motifs is 1. The average molecular weight is 648 g/mol. The molecule has 0 bridgehead atoms. The van der Waals surface area contributed by atoms with E-state index in [0.717, 1.165) is 23.8 Å². The highest BCUT2D eigenvalue weighted by Crippen LogP contribution is 2.39. The second-order valence-corrected chi connectivity index (χ2v) is 12.8. The molecule has 6 rings (SSSR count). The van der Waals surface area contributed by atoms with Gasteiger partial charge >= 0.3 is 5.69 Å². The maximum absolute atomic E-state index is 16.0. The molecule has 0 spiro atoms. The summed E-state index contributed by atoms with van der Waals surface area (Å²) in [4.78, 5) is 44.8. The zero-order chi connectivity index (χ0) is 32.9. The number of phenolic OH excluding ortho intramolecular Hbond substituents is 1. The molecule has 1 aliphatic carbocycles. The number of nitrogens with one attached hydrogen (secondary N) is 1. The molecule has 0 unspecified atom stereocenters. The van der Waals surface area contributed by atoms with Gasteiger partial charge in [0, 0.05) is 36.6 Å². The first-order valence-electron chi connectivity index (χ1n) is 15.2. The van der Waals surface area contributed by atoms with E-state index in [-0.39, 0.29) is 34.7 Å². The monoisotopic (exact) mass is 647 g/mol. The Bertz CT molecular complexity index is 1910. The molecule has 3 aromatic heterocycles. The average Bonchev–Trinajstić information content (AvgIpc) is 3.84. The number of phenols is 1. The molecule has 1 amide bonds. The Hall–Kier alpha value is -4.52. The molecule has 46 heavy (non-hydrogen) atoms. The van der Waals surface area contributed by atoms with E-state index in [1.165, 1.54) is 40.6 Å². The molecule has 1 aliphatic heterocycles. The van der Waals surface area contributed by atoms with Gasteiger partial charge in [0.25, 0.3) is 0 Å². The van der Waals surface area contributed by atoms with Crippen LogP contribution in [0.4, 0.5) is 20.4 Å². The summed E-state index contributed by atoms with van der Waals surface area (Å²) in [5.74, 6) is -1.70. The van der Waals surface area contributed by atoms with E-state index in [4.69, 9.17) is 4.98 Å². The highest BCUT2D eigenvalue weighted by atomic mass is 32.2. The Labute approximate surface area is 269 Å². The fraction of sp³-hybridized carbons (Fsp3) is 0.364. The van der Waals surface area contributed by atoms with Gasteiger partial charge in [0.05, 0.1) is 22.3 Å². The van der Waals surface area contributed by atoms with E-state index in [1.54, 1.807) is 4.90 Å². The summed E-state index contributed by atoms with van der Waals surface area (Å²) < 4.78 is 32.4. The lowest BCUT2D eigenvalue weighted by Gasteiger charge is -2.40. The molecular formula is C33H35F2N7O3S. The quantitative estimate of drug-likeness (QED) is 0.190. The number of piperazine rings is 1. The lowest BCUT2D eigenvalue weighted by atomic mass is 10.1. The lowest BCUT2D eigenvalue weighted by molar-refractivity contribution is -0.126. The number of halogens is 2. The van der Waals surface area contributed by atoms with Crippen LogP contribution in [0.25, 0.3) is 28.0 Å². The van der Waals surface area contributed by atoms with Gasteiger partial charge in [-0.1, -0.05) is 26.5 Å². The van der Waals surface area contributed by atoms with E-state index in [9.17, 15) is 14.7 Å². The van der Waals surface area contributed by atoms with Gasteiger partial charge < -0.3 is 20.2 Å². The standard InChI is InChI=1S/C33H35F2N7O3S/c1-6-26(44)40-12-13-41(18(4)16-40)31-20-14-22(35)29(27-21(34)8-7-9-23(27)43)38-32(20)42(33(45)39-31)30-24(46-5)15-25(36-19-10-11-19)37-28(30)17(2)3/h6-9,14-15,17-19,43H,1,10-13,16H2,2-5H3,(H,36,37)/t18-/m0/s1. The Morgan fingerprint density at radius 1 is 1.15 bits per heavy atom. The normalized spacial score (nSPS) is 16.7. The largest absolute Gasteiger partial charge is 0.507 e. The number of hydrogen-bond acceptors (Lipinski definition) is 9. The second-order valence-electron chi connectivity index (χ2n) is 11.9. The number of hydrogen-bond donors (Lipinski definition) is 2. The van der Waals surface area contributed by atoms with Crippen molar-refractivity contribution >= 4 is 40.3 Å². The van der Waals surface area contributed by atoms with Crippen molar-refractivity contribution in [2.24, 2.45) is 0 Å². The zero-order valence-electron chi connectivity index (χ0n) is 26.0. The Balaban J connectivity index is 1.64. The summed E-state index contributed by atoms with van der Waals surface area (Å²) in [5.41, 5.74) is -0.439. The van der Waals surface area contributed by atoms with Crippen LogP contribution in [0.5, 0.6) is 5.75 Å². The van der Waals surface area contributed by atoms with Crippen LogP contribution >= 0.6 is 11.8 Å². The smallest absolute Gasteiger partial charge is 0.355 e. The maximum atomic E-state index is 16.0. The van der Waals surface area contributed by atoms with Gasteiger partial charge in [0.15, 0.2) is 11.5 Å². The van der Waals surface area contributed by atoms with Gasteiger partial charge in [-0.2, -0.15) is 4.98 Å². The molecule has 240 valence electrons. The van der Waals surface area contributed by atoms with E-state index in [2.05, 4.69) is 21.9 Å². The minimum absolute atomic E-state index is 0.0350. The molecule has 2 aliphatic rings. The molecule has 13 heteroatoms. The zero-order valence-corrected chi connectivity index (χ0v) is 26.9. The molecule has 4 aromatic rings. The number of benzene rings is 1. The van der Waals surface area contributed by atoms with Crippen molar-refractivity contribution in [2.45, 2.75) is 56.5 Å². The van der Waals surface area contributed by atoms with Crippen LogP contribution in [-0.4, -0.2) is 73.4 Å². The highest BCUT2D eigenvalue weighted by molar-refractivity contribution is 7.98. The van der Waals surface area contributed by atoms with Crippen LogP contribution < -0.4 is 15.9 Å². The molecule has 1 atom stereocenters. The third kappa shape index (κ3) is 5.68. The van der Waals surface area contributed by atoms with Gasteiger partial charge in [-0.15, -0.1) is 11.8 Å². The second kappa shape index (κ2) is 12.3. The molecule has 1 aromatic carbocycles. The third-order valence-corrected chi connectivity index (χ3v) is 9.07. The fourth-order valence-corrected chi connectivity index (χ4v) is 6.50. The summed E-state index contributed by atoms with van der Waals surface area (Å²) in [6, 6.07) is 6.79. The van der Waals surface area contributed by atoms with Gasteiger partial charge in [0.2, 0.25) is 5.91 Å². The SMILES string of the molecule is C=CC(=O)N1CCN(c2nc(=O)n(-c3c(SC)cc(NC4CC4)nc3C(C)C)c3nc(-c4c(O)cccc4F)c(F)cc23)[C@@H](C)C1. The summed E-state index contributed by atoms with van der Waals surface area (Å²) in [7, 11) is 0. The third-order valence-electron chi connectivity index (χ3n) is 8.32. The Morgan fingerprint density at radius 3 is 2.54 bits per heavy atom. The van der Waals surface area contributed by atoms with Crippen LogP contribution in [0.2, 0.25) is 0 Å². The first-order chi connectivity index (χ1) is 22.0. The molecule has 4 heterocycles. The van der Waals surface area contributed by atoms with Gasteiger partial charge in [-0.25, -0.2) is 28.1 Å². The number of rotatable bonds is 8. The number of carbonyl (C=O) groups excluding carboxylic acids is 1. The van der Waals surface area contributed by atoms with Gasteiger partial charge in [0.1, 0.15) is 28.9 Å². The van der Waals surface area contributed by atoms with E-state index < -0.39 is 34.3 Å². The lowest BCUT2D eigenvalue weighted by Crippen LogP contribution is -2.54. The molecule has 0 radical (unpaired) electrons. The predicted molar refractivity (Wildman–Crippen MR) is 176 cm³/mol. The molecular weight excluding hydrogens is 612 g/mol. The van der Waals surface area contributed by atoms with Crippen LogP contribution in [0.1, 0.15) is 45.2 Å². The van der Waals surface area contributed by atoms with Crippen molar-refractivity contribution in [3.05, 3.63) is 70.8 Å². The summed E-state index contributed by atoms with van der Waals surface area (Å²) in [6.07, 6.45) is 5.26. The van der Waals surface area contributed by atoms with Gasteiger partial charge in [-0.05, 0) is 62.3 Å². The minimum atomic E-state index is -0.898. The van der Waals surface area contributed by atoms with Crippen molar-refractivity contribution in [1.29, 1.82) is 0 Å². The number of pyridine rings is 2. The van der Waals surface area contributed by atoms with Crippen molar-refractivity contribution < 1.29 is 18.7 Å². The number of aromatic nitrogens is 4. The van der Waals surface area contributed by atoms with Crippen molar-refractivity contribution in [1.82, 2.24) is 24.4 Å². The molecule has 2 N–H and O–H groups in total. The van der Waals surface area contributed by atoms with E-state index >= 15 is 8.78 Å². The fourth-order valence-electron chi connectivity index (χ4n) is 5.88. The van der Waals surface area contributed by atoms with Crippen LogP contribution in [0.15, 0.2) is 52.7 Å². The Kier molecular flexibility index (Phi) is 8.45. The Morgan fingerprint density at radius 2 is 1.91 bits per heavy atom. The molecule has 1 saturated carbocycles. The minimum Gasteiger partial charge on any atom is -0.507 e. The summed E-state index contributed by atoms with van der Waals surface area (Å²) in [6.45, 7) is 10.4.